The Morgan fingerprint density at radius 1 is 0.679 bits per heavy atom. The number of rotatable bonds is 20. The van der Waals surface area contributed by atoms with Gasteiger partial charge in [-0.15, -0.1) is 0 Å². The molecule has 1 atom stereocenters. The van der Waals surface area contributed by atoms with Gasteiger partial charge in [-0.25, -0.2) is 0 Å². The van der Waals surface area contributed by atoms with Gasteiger partial charge in [0.05, 0.1) is 13.2 Å². The molecule has 0 aliphatic carbocycles. The molecule has 0 aromatic carbocycles. The highest BCUT2D eigenvalue weighted by molar-refractivity contribution is 5.70. The summed E-state index contributed by atoms with van der Waals surface area (Å²) >= 11 is 0. The molecule has 0 fully saturated rings. The Morgan fingerprint density at radius 3 is 1.75 bits per heavy atom. The van der Waals surface area contributed by atoms with Crippen LogP contribution >= 0.6 is 0 Å². The van der Waals surface area contributed by atoms with Gasteiger partial charge in [0.2, 0.25) is 0 Å². The van der Waals surface area contributed by atoms with E-state index < -0.39 is 0 Å². The molecule has 0 aromatic heterocycles. The highest BCUT2D eigenvalue weighted by Gasteiger charge is 2.08. The van der Waals surface area contributed by atoms with Crippen LogP contribution in [0.4, 0.5) is 0 Å². The fourth-order valence-corrected chi connectivity index (χ4v) is 2.94. The second-order valence-electron chi connectivity index (χ2n) is 7.80. The molecule has 0 spiro atoms. The summed E-state index contributed by atoms with van der Waals surface area (Å²) in [6, 6.07) is 0. The van der Waals surface area contributed by atoms with Crippen LogP contribution in [-0.2, 0) is 23.8 Å². The van der Waals surface area contributed by atoms with E-state index in [0.29, 0.717) is 44.8 Å². The van der Waals surface area contributed by atoms with Crippen LogP contribution in [0.15, 0.2) is 0 Å². The van der Waals surface area contributed by atoms with Crippen LogP contribution in [-0.4, -0.2) is 38.9 Å². The third kappa shape index (κ3) is 19.7. The third-order valence-corrected chi connectivity index (χ3v) is 4.96. The van der Waals surface area contributed by atoms with Crippen LogP contribution in [0, 0.1) is 5.92 Å². The van der Waals surface area contributed by atoms with Crippen molar-refractivity contribution in [3.05, 3.63) is 0 Å². The molecule has 0 radical (unpaired) electrons. The average Bonchev–Trinajstić information content (AvgIpc) is 2.68. The lowest BCUT2D eigenvalue weighted by Crippen LogP contribution is -2.10. The van der Waals surface area contributed by atoms with E-state index in [1.165, 1.54) is 38.5 Å². The lowest BCUT2D eigenvalue weighted by Gasteiger charge is -2.11. The predicted molar refractivity (Wildman–Crippen MR) is 113 cm³/mol. The number of methoxy groups -OCH3 is 1. The molecule has 0 aromatic rings. The molecule has 1 unspecified atom stereocenters. The van der Waals surface area contributed by atoms with Gasteiger partial charge in [-0.2, -0.15) is 0 Å². The smallest absolute Gasteiger partial charge is 0.305 e. The van der Waals surface area contributed by atoms with Crippen molar-refractivity contribution >= 4 is 11.9 Å². The highest BCUT2D eigenvalue weighted by atomic mass is 16.5. The van der Waals surface area contributed by atoms with Gasteiger partial charge in [-0.3, -0.25) is 9.59 Å². The first-order chi connectivity index (χ1) is 13.6. The molecule has 166 valence electrons. The topological polar surface area (TPSA) is 61.8 Å². The molecule has 0 aliphatic rings. The van der Waals surface area contributed by atoms with Gasteiger partial charge in [0, 0.05) is 26.6 Å². The Morgan fingerprint density at radius 2 is 1.18 bits per heavy atom. The fourth-order valence-electron chi connectivity index (χ4n) is 2.94. The Bertz CT molecular complexity index is 370. The Labute approximate surface area is 172 Å². The molecular weight excluding hydrogens is 356 g/mol. The van der Waals surface area contributed by atoms with Crippen LogP contribution in [0.5, 0.6) is 0 Å². The number of ether oxygens (including phenoxy) is 3. The summed E-state index contributed by atoms with van der Waals surface area (Å²) in [6.07, 6.45) is 13.8. The van der Waals surface area contributed by atoms with Gasteiger partial charge in [0.15, 0.2) is 0 Å². The van der Waals surface area contributed by atoms with E-state index in [2.05, 4.69) is 13.8 Å². The van der Waals surface area contributed by atoms with Crippen molar-refractivity contribution in [2.75, 3.05) is 26.9 Å². The van der Waals surface area contributed by atoms with Crippen molar-refractivity contribution in [1.29, 1.82) is 0 Å². The summed E-state index contributed by atoms with van der Waals surface area (Å²) in [6.45, 7) is 6.09. The van der Waals surface area contributed by atoms with Crippen LogP contribution in [0.25, 0.3) is 0 Å². The highest BCUT2D eigenvalue weighted by Crippen LogP contribution is 2.10. The zero-order valence-electron chi connectivity index (χ0n) is 18.6. The van der Waals surface area contributed by atoms with Crippen LogP contribution in [0.2, 0.25) is 0 Å². The monoisotopic (exact) mass is 400 g/mol. The first-order valence-electron chi connectivity index (χ1n) is 11.4. The SMILES string of the molecule is CCCCCCCCCCOC(=O)CCCCC(=O)OCCC(C)CCOC. The van der Waals surface area contributed by atoms with E-state index >= 15 is 0 Å². The van der Waals surface area contributed by atoms with Gasteiger partial charge in [0.1, 0.15) is 0 Å². The Balaban J connectivity index is 3.38. The molecule has 28 heavy (non-hydrogen) atoms. The van der Waals surface area contributed by atoms with Crippen molar-refractivity contribution < 1.29 is 23.8 Å². The zero-order valence-corrected chi connectivity index (χ0v) is 18.6. The lowest BCUT2D eigenvalue weighted by molar-refractivity contribution is -0.146. The van der Waals surface area contributed by atoms with E-state index in [1.54, 1.807) is 7.11 Å². The van der Waals surface area contributed by atoms with E-state index in [9.17, 15) is 9.59 Å². The number of hydrogen-bond acceptors (Lipinski definition) is 5. The van der Waals surface area contributed by atoms with E-state index in [-0.39, 0.29) is 11.9 Å². The summed E-state index contributed by atoms with van der Waals surface area (Å²) in [7, 11) is 1.69. The average molecular weight is 401 g/mol. The molecule has 0 bridgehead atoms. The van der Waals surface area contributed by atoms with Crippen LogP contribution in [0.3, 0.4) is 0 Å². The summed E-state index contributed by atoms with van der Waals surface area (Å²) in [5, 5.41) is 0. The largest absolute Gasteiger partial charge is 0.466 e. The van der Waals surface area contributed by atoms with E-state index in [0.717, 1.165) is 32.3 Å². The van der Waals surface area contributed by atoms with Gasteiger partial charge in [-0.05, 0) is 38.0 Å². The Hall–Kier alpha value is -1.10. The van der Waals surface area contributed by atoms with Crippen LogP contribution < -0.4 is 0 Å². The minimum Gasteiger partial charge on any atom is -0.466 e. The van der Waals surface area contributed by atoms with Gasteiger partial charge < -0.3 is 14.2 Å². The third-order valence-electron chi connectivity index (χ3n) is 4.96. The fraction of sp³-hybridized carbons (Fsp3) is 0.913. The van der Waals surface area contributed by atoms with E-state index in [4.69, 9.17) is 14.2 Å². The maximum Gasteiger partial charge on any atom is 0.305 e. The maximum absolute atomic E-state index is 11.7. The number of hydrogen-bond donors (Lipinski definition) is 0. The second-order valence-corrected chi connectivity index (χ2v) is 7.80. The molecule has 5 nitrogen and oxygen atoms in total. The summed E-state index contributed by atoms with van der Waals surface area (Å²) < 4.78 is 15.5. The van der Waals surface area contributed by atoms with Gasteiger partial charge in [0.25, 0.3) is 0 Å². The minimum atomic E-state index is -0.175. The summed E-state index contributed by atoms with van der Waals surface area (Å²) in [5.41, 5.74) is 0. The molecule has 0 N–H and O–H groups in total. The molecule has 0 rings (SSSR count). The molecule has 5 heteroatoms. The lowest BCUT2D eigenvalue weighted by atomic mass is 10.1. The van der Waals surface area contributed by atoms with Gasteiger partial charge >= 0.3 is 11.9 Å². The van der Waals surface area contributed by atoms with Crippen molar-refractivity contribution in [2.45, 2.75) is 104 Å². The quantitative estimate of drug-likeness (QED) is 0.190. The van der Waals surface area contributed by atoms with Gasteiger partial charge in [-0.1, -0.05) is 58.8 Å². The maximum atomic E-state index is 11.7. The van der Waals surface area contributed by atoms with Crippen LogP contribution in [0.1, 0.15) is 104 Å². The van der Waals surface area contributed by atoms with Crippen molar-refractivity contribution in [2.24, 2.45) is 5.92 Å². The van der Waals surface area contributed by atoms with Crippen molar-refractivity contribution in [3.63, 3.8) is 0 Å². The standard InChI is InChI=1S/C23H44O5/c1-4-5-6-7-8-9-10-13-18-27-22(24)14-11-12-15-23(25)28-20-17-21(2)16-19-26-3/h21H,4-20H2,1-3H3. The first-order valence-corrected chi connectivity index (χ1v) is 11.4. The van der Waals surface area contributed by atoms with Crippen molar-refractivity contribution in [3.8, 4) is 0 Å². The normalized spacial score (nSPS) is 12.0. The minimum absolute atomic E-state index is 0.150. The predicted octanol–water partition coefficient (Wildman–Crippen LogP) is 5.84. The molecule has 0 aliphatic heterocycles. The number of unbranched alkanes of at least 4 members (excludes halogenated alkanes) is 8. The number of carbonyl (C=O) groups is 2. The van der Waals surface area contributed by atoms with E-state index in [1.807, 2.05) is 0 Å². The Kier molecular flexibility index (Phi) is 19.8. The molecule has 0 amide bonds. The molecule has 0 heterocycles. The number of esters is 2. The number of carbonyl (C=O) groups excluding carboxylic acids is 2. The molecule has 0 saturated heterocycles. The van der Waals surface area contributed by atoms with Crippen molar-refractivity contribution in [1.82, 2.24) is 0 Å². The summed E-state index contributed by atoms with van der Waals surface area (Å²) in [5.74, 6) is 0.165. The molecule has 0 saturated carbocycles. The first kappa shape index (κ1) is 26.9. The second kappa shape index (κ2) is 20.6. The zero-order chi connectivity index (χ0) is 20.9. The molecular formula is C23H44O5. The summed E-state index contributed by atoms with van der Waals surface area (Å²) in [4.78, 5) is 23.4.